The van der Waals surface area contributed by atoms with E-state index < -0.39 is 0 Å². The highest BCUT2D eigenvalue weighted by Gasteiger charge is 2.32. The van der Waals surface area contributed by atoms with Gasteiger partial charge >= 0.3 is 0 Å². The number of allylic oxidation sites excluding steroid dienone is 2. The summed E-state index contributed by atoms with van der Waals surface area (Å²) in [6.45, 7) is 6.60. The van der Waals surface area contributed by atoms with Gasteiger partial charge in [-0.15, -0.1) is 12.4 Å². The SMILES string of the molecule is CCc1cnc(N2CCC(COc3ccc(C4=CCC(C(=O)N5CC[C@H](N(C)C)C5)CC4)cc3)CC2)nc1.Cl. The molecule has 2 atom stereocenters. The first-order valence-corrected chi connectivity index (χ1v) is 14.4. The van der Waals surface area contributed by atoms with Gasteiger partial charge in [0, 0.05) is 50.5 Å². The summed E-state index contributed by atoms with van der Waals surface area (Å²) in [6, 6.07) is 9.03. The number of anilines is 1. The Morgan fingerprint density at radius 3 is 2.33 bits per heavy atom. The molecule has 2 saturated heterocycles. The lowest BCUT2D eigenvalue weighted by atomic mass is 9.86. The molecule has 2 aromatic rings. The van der Waals surface area contributed by atoms with Crippen molar-refractivity contribution < 1.29 is 9.53 Å². The van der Waals surface area contributed by atoms with Gasteiger partial charge in [-0.3, -0.25) is 4.79 Å². The van der Waals surface area contributed by atoms with Crippen molar-refractivity contribution >= 4 is 29.8 Å². The molecule has 2 fully saturated rings. The zero-order chi connectivity index (χ0) is 26.5. The molecule has 212 valence electrons. The maximum Gasteiger partial charge on any atom is 0.226 e. The molecule has 0 radical (unpaired) electrons. The normalized spacial score (nSPS) is 22.0. The van der Waals surface area contributed by atoms with Gasteiger partial charge in [-0.2, -0.15) is 0 Å². The number of likely N-dealkylation sites (N-methyl/N-ethyl adjacent to an activating group) is 1. The molecule has 39 heavy (non-hydrogen) atoms. The minimum absolute atomic E-state index is 0. The molecule has 0 saturated carbocycles. The van der Waals surface area contributed by atoms with Crippen molar-refractivity contribution in [2.45, 2.75) is 57.9 Å². The van der Waals surface area contributed by atoms with Crippen molar-refractivity contribution in [3.8, 4) is 5.75 Å². The first kappa shape index (κ1) is 29.3. The minimum Gasteiger partial charge on any atom is -0.493 e. The third-order valence-electron chi connectivity index (χ3n) is 8.67. The molecule has 1 aliphatic carbocycles. The second kappa shape index (κ2) is 13.6. The number of aryl methyl sites for hydroxylation is 1. The number of ether oxygens (including phenoxy) is 1. The predicted octanol–water partition coefficient (Wildman–Crippen LogP) is 5.10. The summed E-state index contributed by atoms with van der Waals surface area (Å²) >= 11 is 0. The first-order chi connectivity index (χ1) is 18.5. The highest BCUT2D eigenvalue weighted by atomic mass is 35.5. The smallest absolute Gasteiger partial charge is 0.226 e. The predicted molar refractivity (Wildman–Crippen MR) is 160 cm³/mol. The number of likely N-dealkylation sites (tertiary alicyclic amines) is 1. The monoisotopic (exact) mass is 553 g/mol. The molecular formula is C31H44ClN5O2. The highest BCUT2D eigenvalue weighted by molar-refractivity contribution is 5.85. The van der Waals surface area contributed by atoms with Crippen LogP contribution in [-0.4, -0.2) is 78.6 Å². The quantitative estimate of drug-likeness (QED) is 0.453. The number of hydrogen-bond donors (Lipinski definition) is 0. The molecule has 0 bridgehead atoms. The Morgan fingerprint density at radius 2 is 1.74 bits per heavy atom. The number of carbonyl (C=O) groups is 1. The number of rotatable bonds is 8. The number of aromatic nitrogens is 2. The maximum atomic E-state index is 13.0. The van der Waals surface area contributed by atoms with E-state index in [1.54, 1.807) is 0 Å². The van der Waals surface area contributed by atoms with Gasteiger partial charge in [0.2, 0.25) is 11.9 Å². The fraction of sp³-hybridized carbons (Fsp3) is 0.581. The lowest BCUT2D eigenvalue weighted by Gasteiger charge is -2.31. The van der Waals surface area contributed by atoms with Crippen LogP contribution in [0, 0.1) is 11.8 Å². The molecule has 3 heterocycles. The summed E-state index contributed by atoms with van der Waals surface area (Å²) in [4.78, 5) is 28.7. The number of amides is 1. The van der Waals surface area contributed by atoms with Gasteiger partial charge in [-0.1, -0.05) is 25.1 Å². The van der Waals surface area contributed by atoms with Crippen LogP contribution in [0.15, 0.2) is 42.7 Å². The number of hydrogen-bond acceptors (Lipinski definition) is 6. The number of piperidine rings is 1. The molecule has 1 aromatic carbocycles. The largest absolute Gasteiger partial charge is 0.493 e. The van der Waals surface area contributed by atoms with Gasteiger partial charge in [-0.05, 0) is 93.8 Å². The van der Waals surface area contributed by atoms with Crippen LogP contribution in [0.25, 0.3) is 5.57 Å². The topological polar surface area (TPSA) is 61.8 Å². The van der Waals surface area contributed by atoms with E-state index in [0.717, 1.165) is 89.4 Å². The molecule has 5 rings (SSSR count). The standard InChI is InChI=1S/C31H43N5O2.ClH/c1-4-23-19-32-31(33-20-23)35-16-13-24(14-17-35)22-38-29-11-9-26(10-12-29)25-5-7-27(8-6-25)30(37)36-18-15-28(21-36)34(2)3;/h5,9-12,19-20,24,27-28H,4,6-8,13-18,21-22H2,1-3H3;1H/t27?,28-;/m0./s1. The molecule has 3 aliphatic rings. The molecule has 0 N–H and O–H groups in total. The molecule has 1 aromatic heterocycles. The summed E-state index contributed by atoms with van der Waals surface area (Å²) < 4.78 is 6.17. The Kier molecular flexibility index (Phi) is 10.2. The number of carbonyl (C=O) groups excluding carboxylic acids is 1. The Hall–Kier alpha value is -2.64. The van der Waals surface area contributed by atoms with E-state index in [-0.39, 0.29) is 18.3 Å². The van der Waals surface area contributed by atoms with Crippen LogP contribution in [-0.2, 0) is 11.2 Å². The van der Waals surface area contributed by atoms with Crippen molar-refractivity contribution in [2.75, 3.05) is 51.8 Å². The van der Waals surface area contributed by atoms with Crippen molar-refractivity contribution in [1.82, 2.24) is 19.8 Å². The van der Waals surface area contributed by atoms with E-state index in [1.165, 1.54) is 16.7 Å². The van der Waals surface area contributed by atoms with Crippen LogP contribution in [0.2, 0.25) is 0 Å². The van der Waals surface area contributed by atoms with Crippen LogP contribution in [0.5, 0.6) is 5.75 Å². The zero-order valence-electron chi connectivity index (χ0n) is 23.7. The fourth-order valence-electron chi connectivity index (χ4n) is 5.92. The Labute approximate surface area is 240 Å². The van der Waals surface area contributed by atoms with E-state index in [4.69, 9.17) is 4.74 Å². The van der Waals surface area contributed by atoms with E-state index in [0.29, 0.717) is 17.9 Å². The third-order valence-corrected chi connectivity index (χ3v) is 8.67. The van der Waals surface area contributed by atoms with Gasteiger partial charge < -0.3 is 19.4 Å². The van der Waals surface area contributed by atoms with Crippen molar-refractivity contribution in [3.05, 3.63) is 53.9 Å². The Morgan fingerprint density at radius 1 is 1.03 bits per heavy atom. The van der Waals surface area contributed by atoms with E-state index in [2.05, 4.69) is 76.0 Å². The molecule has 8 heteroatoms. The lowest BCUT2D eigenvalue weighted by molar-refractivity contribution is -0.134. The Balaban J connectivity index is 0.00000353. The molecule has 2 aliphatic heterocycles. The summed E-state index contributed by atoms with van der Waals surface area (Å²) in [6.07, 6.45) is 13.2. The second-order valence-corrected chi connectivity index (χ2v) is 11.4. The average molecular weight is 554 g/mol. The van der Waals surface area contributed by atoms with Crippen LogP contribution in [0.1, 0.15) is 56.6 Å². The van der Waals surface area contributed by atoms with Crippen LogP contribution >= 0.6 is 12.4 Å². The average Bonchev–Trinajstić information content (AvgIpc) is 3.47. The second-order valence-electron chi connectivity index (χ2n) is 11.4. The van der Waals surface area contributed by atoms with Crippen LogP contribution < -0.4 is 9.64 Å². The van der Waals surface area contributed by atoms with E-state index in [9.17, 15) is 4.79 Å². The molecule has 7 nitrogen and oxygen atoms in total. The van der Waals surface area contributed by atoms with Crippen molar-refractivity contribution in [2.24, 2.45) is 11.8 Å². The maximum absolute atomic E-state index is 13.0. The zero-order valence-corrected chi connectivity index (χ0v) is 24.5. The van der Waals surface area contributed by atoms with E-state index >= 15 is 0 Å². The molecule has 1 unspecified atom stereocenters. The minimum atomic E-state index is 0. The summed E-state index contributed by atoms with van der Waals surface area (Å²) in [5, 5.41) is 0. The van der Waals surface area contributed by atoms with Crippen molar-refractivity contribution in [1.29, 1.82) is 0 Å². The Bertz CT molecular complexity index is 1100. The summed E-state index contributed by atoms with van der Waals surface area (Å²) in [5.41, 5.74) is 3.78. The summed E-state index contributed by atoms with van der Waals surface area (Å²) in [5.74, 6) is 2.82. The summed E-state index contributed by atoms with van der Waals surface area (Å²) in [7, 11) is 4.22. The van der Waals surface area contributed by atoms with Gasteiger partial charge in [0.15, 0.2) is 0 Å². The van der Waals surface area contributed by atoms with Gasteiger partial charge in [0.1, 0.15) is 5.75 Å². The first-order valence-electron chi connectivity index (χ1n) is 14.4. The van der Waals surface area contributed by atoms with E-state index in [1.807, 2.05) is 12.4 Å². The third kappa shape index (κ3) is 7.31. The fourth-order valence-corrected chi connectivity index (χ4v) is 5.92. The van der Waals surface area contributed by atoms with Crippen molar-refractivity contribution in [3.63, 3.8) is 0 Å². The van der Waals surface area contributed by atoms with Gasteiger partial charge in [0.25, 0.3) is 0 Å². The number of halogens is 1. The highest BCUT2D eigenvalue weighted by Crippen LogP contribution is 2.33. The molecule has 1 amide bonds. The van der Waals surface area contributed by atoms with Crippen LogP contribution in [0.4, 0.5) is 5.95 Å². The number of benzene rings is 1. The van der Waals surface area contributed by atoms with Gasteiger partial charge in [0.05, 0.1) is 6.61 Å². The molecule has 0 spiro atoms. The lowest BCUT2D eigenvalue weighted by Crippen LogP contribution is -2.38. The molecular weight excluding hydrogens is 510 g/mol. The van der Waals surface area contributed by atoms with Crippen LogP contribution in [0.3, 0.4) is 0 Å². The van der Waals surface area contributed by atoms with Gasteiger partial charge in [-0.25, -0.2) is 9.97 Å². The number of nitrogens with zero attached hydrogens (tertiary/aromatic N) is 5.